The van der Waals surface area contributed by atoms with Crippen molar-refractivity contribution in [2.24, 2.45) is 0 Å². The standard InChI is InChI=1S/C22H18Cl2F3N5O/c1-11-19(12(2)32(31-11)10-14-5-3-4-6-28-14)30-21(33)16-9-18(22(25,26)27)29-20-15(16)7-13(23)8-17(20)24/h3-9,21,30,33H,10H2,1-2H3. The van der Waals surface area contributed by atoms with Crippen molar-refractivity contribution in [3.8, 4) is 0 Å². The van der Waals surface area contributed by atoms with E-state index < -0.39 is 18.1 Å². The van der Waals surface area contributed by atoms with Crippen molar-refractivity contribution in [2.75, 3.05) is 5.32 Å². The number of aliphatic hydroxyl groups excluding tert-OH is 1. The van der Waals surface area contributed by atoms with Crippen molar-refractivity contribution >= 4 is 39.8 Å². The molecule has 33 heavy (non-hydrogen) atoms. The molecule has 2 N–H and O–H groups in total. The third kappa shape index (κ3) is 4.75. The van der Waals surface area contributed by atoms with Crippen molar-refractivity contribution in [2.45, 2.75) is 32.8 Å². The molecule has 6 nitrogen and oxygen atoms in total. The number of hydrogen-bond donors (Lipinski definition) is 2. The number of aromatic nitrogens is 4. The van der Waals surface area contributed by atoms with E-state index in [1.807, 2.05) is 12.1 Å². The molecule has 0 aliphatic heterocycles. The molecule has 0 saturated heterocycles. The van der Waals surface area contributed by atoms with E-state index in [2.05, 4.69) is 20.4 Å². The number of nitrogens with one attached hydrogen (secondary N) is 1. The number of anilines is 1. The summed E-state index contributed by atoms with van der Waals surface area (Å²) in [7, 11) is 0. The van der Waals surface area contributed by atoms with E-state index in [4.69, 9.17) is 23.2 Å². The van der Waals surface area contributed by atoms with Gasteiger partial charge in [0.2, 0.25) is 0 Å². The summed E-state index contributed by atoms with van der Waals surface area (Å²) in [4.78, 5) is 7.92. The lowest BCUT2D eigenvalue weighted by Gasteiger charge is -2.19. The third-order valence-corrected chi connectivity index (χ3v) is 5.66. The fraction of sp³-hybridized carbons (Fsp3) is 0.227. The molecule has 0 amide bonds. The molecule has 4 rings (SSSR count). The summed E-state index contributed by atoms with van der Waals surface area (Å²) < 4.78 is 42.1. The zero-order valence-electron chi connectivity index (χ0n) is 17.5. The SMILES string of the molecule is Cc1nn(Cc2ccccn2)c(C)c1NC(O)c1cc(C(F)(F)F)nc2c(Cl)cc(Cl)cc12. The smallest absolute Gasteiger partial charge is 0.369 e. The first-order valence-electron chi connectivity index (χ1n) is 9.80. The van der Waals surface area contributed by atoms with Gasteiger partial charge in [0.25, 0.3) is 0 Å². The molecule has 0 spiro atoms. The summed E-state index contributed by atoms with van der Waals surface area (Å²) in [6.45, 7) is 3.92. The van der Waals surface area contributed by atoms with Gasteiger partial charge in [-0.2, -0.15) is 18.3 Å². The summed E-state index contributed by atoms with van der Waals surface area (Å²) in [6.07, 6.45) is -4.58. The molecule has 0 aliphatic rings. The van der Waals surface area contributed by atoms with E-state index >= 15 is 0 Å². The van der Waals surface area contributed by atoms with Crippen LogP contribution in [0.25, 0.3) is 10.9 Å². The van der Waals surface area contributed by atoms with Gasteiger partial charge in [0.15, 0.2) is 6.23 Å². The quantitative estimate of drug-likeness (QED) is 0.336. The van der Waals surface area contributed by atoms with Gasteiger partial charge in [-0.25, -0.2) is 4.98 Å². The highest BCUT2D eigenvalue weighted by molar-refractivity contribution is 6.38. The van der Waals surface area contributed by atoms with Gasteiger partial charge in [-0.05, 0) is 44.2 Å². The number of alkyl halides is 3. The molecule has 0 aliphatic carbocycles. The Morgan fingerprint density at radius 1 is 1.15 bits per heavy atom. The molecule has 1 unspecified atom stereocenters. The number of aliphatic hydroxyl groups is 1. The van der Waals surface area contributed by atoms with Crippen molar-refractivity contribution < 1.29 is 18.3 Å². The lowest BCUT2D eigenvalue weighted by molar-refractivity contribution is -0.141. The van der Waals surface area contributed by atoms with Gasteiger partial charge in [-0.15, -0.1) is 0 Å². The molecule has 172 valence electrons. The highest BCUT2D eigenvalue weighted by Crippen LogP contribution is 2.37. The summed E-state index contributed by atoms with van der Waals surface area (Å²) in [6, 6.07) is 9.03. The summed E-state index contributed by atoms with van der Waals surface area (Å²) in [5.74, 6) is 0. The van der Waals surface area contributed by atoms with Gasteiger partial charge in [-0.1, -0.05) is 29.3 Å². The van der Waals surface area contributed by atoms with Crippen LogP contribution in [0.5, 0.6) is 0 Å². The van der Waals surface area contributed by atoms with Gasteiger partial charge in [0.05, 0.1) is 39.9 Å². The summed E-state index contributed by atoms with van der Waals surface area (Å²) in [5.41, 5.74) is 1.18. The molecule has 3 aromatic heterocycles. The minimum atomic E-state index is -4.73. The second kappa shape index (κ2) is 8.81. The maximum atomic E-state index is 13.5. The Morgan fingerprint density at radius 3 is 2.58 bits per heavy atom. The molecule has 3 heterocycles. The first-order valence-corrected chi connectivity index (χ1v) is 10.6. The zero-order valence-corrected chi connectivity index (χ0v) is 19.0. The molecular formula is C22H18Cl2F3N5O. The van der Waals surface area contributed by atoms with E-state index in [1.165, 1.54) is 12.1 Å². The fourth-order valence-corrected chi connectivity index (χ4v) is 4.10. The molecule has 0 bridgehead atoms. The average molecular weight is 496 g/mol. The van der Waals surface area contributed by atoms with Crippen LogP contribution in [0.3, 0.4) is 0 Å². The Bertz CT molecular complexity index is 1330. The monoisotopic (exact) mass is 495 g/mol. The number of nitrogens with zero attached hydrogens (tertiary/aromatic N) is 4. The van der Waals surface area contributed by atoms with Crippen LogP contribution >= 0.6 is 23.2 Å². The van der Waals surface area contributed by atoms with Crippen LogP contribution in [0.1, 0.15) is 34.6 Å². The molecule has 0 radical (unpaired) electrons. The second-order valence-corrected chi connectivity index (χ2v) is 8.29. The van der Waals surface area contributed by atoms with Crippen molar-refractivity contribution in [3.05, 3.63) is 81.0 Å². The Balaban J connectivity index is 1.75. The number of pyridine rings is 2. The largest absolute Gasteiger partial charge is 0.433 e. The van der Waals surface area contributed by atoms with Crippen molar-refractivity contribution in [1.82, 2.24) is 19.7 Å². The maximum absolute atomic E-state index is 13.5. The molecule has 4 aromatic rings. The molecule has 0 saturated carbocycles. The van der Waals surface area contributed by atoms with E-state index in [0.29, 0.717) is 23.6 Å². The minimum absolute atomic E-state index is 0.0485. The van der Waals surface area contributed by atoms with Crippen molar-refractivity contribution in [3.63, 3.8) is 0 Å². The molecule has 1 aromatic carbocycles. The topological polar surface area (TPSA) is 75.9 Å². The van der Waals surface area contributed by atoms with Crippen molar-refractivity contribution in [1.29, 1.82) is 0 Å². The lowest BCUT2D eigenvalue weighted by Crippen LogP contribution is -2.15. The first kappa shape index (κ1) is 23.3. The van der Waals surface area contributed by atoms with Gasteiger partial charge in [0.1, 0.15) is 5.69 Å². The average Bonchev–Trinajstić information content (AvgIpc) is 3.00. The number of benzene rings is 1. The molecule has 1 atom stereocenters. The van der Waals surface area contributed by atoms with E-state index in [9.17, 15) is 18.3 Å². The Kier molecular flexibility index (Phi) is 6.22. The molecular weight excluding hydrogens is 478 g/mol. The Labute approximate surface area is 197 Å². The predicted octanol–water partition coefficient (Wildman–Crippen LogP) is 5.92. The Hall–Kier alpha value is -2.88. The maximum Gasteiger partial charge on any atom is 0.433 e. The number of fused-ring (bicyclic) bond motifs is 1. The highest BCUT2D eigenvalue weighted by Gasteiger charge is 2.34. The molecule has 0 fully saturated rings. The molecule has 11 heteroatoms. The highest BCUT2D eigenvalue weighted by atomic mass is 35.5. The normalized spacial score (nSPS) is 12.8. The number of hydrogen-bond acceptors (Lipinski definition) is 5. The van der Waals surface area contributed by atoms with E-state index in [-0.39, 0.29) is 26.5 Å². The van der Waals surface area contributed by atoms with Crippen LogP contribution < -0.4 is 5.32 Å². The number of aryl methyl sites for hydroxylation is 1. The van der Waals surface area contributed by atoms with Gasteiger partial charge < -0.3 is 10.4 Å². The van der Waals surface area contributed by atoms with Crippen LogP contribution in [-0.2, 0) is 12.7 Å². The third-order valence-electron chi connectivity index (χ3n) is 5.15. The summed E-state index contributed by atoms with van der Waals surface area (Å²) in [5, 5.41) is 18.7. The second-order valence-electron chi connectivity index (χ2n) is 7.45. The van der Waals surface area contributed by atoms with Gasteiger partial charge in [-0.3, -0.25) is 9.67 Å². The predicted molar refractivity (Wildman–Crippen MR) is 120 cm³/mol. The van der Waals surface area contributed by atoms with Gasteiger partial charge >= 0.3 is 6.18 Å². The van der Waals surface area contributed by atoms with Crippen LogP contribution in [0.2, 0.25) is 10.0 Å². The van der Waals surface area contributed by atoms with Crippen LogP contribution in [0.15, 0.2) is 42.6 Å². The van der Waals surface area contributed by atoms with Crippen LogP contribution in [-0.4, -0.2) is 24.9 Å². The van der Waals surface area contributed by atoms with E-state index in [1.54, 1.807) is 30.8 Å². The lowest BCUT2D eigenvalue weighted by atomic mass is 10.1. The minimum Gasteiger partial charge on any atom is -0.369 e. The van der Waals surface area contributed by atoms with Crippen LogP contribution in [0, 0.1) is 13.8 Å². The Morgan fingerprint density at radius 2 is 1.91 bits per heavy atom. The first-order chi connectivity index (χ1) is 15.5. The number of rotatable bonds is 5. The number of halogens is 5. The fourth-order valence-electron chi connectivity index (χ4n) is 3.57. The zero-order chi connectivity index (χ0) is 23.9. The summed E-state index contributed by atoms with van der Waals surface area (Å²) >= 11 is 12.2. The van der Waals surface area contributed by atoms with Crippen LogP contribution in [0.4, 0.5) is 18.9 Å². The van der Waals surface area contributed by atoms with E-state index in [0.717, 1.165) is 11.8 Å². The van der Waals surface area contributed by atoms with Gasteiger partial charge in [0, 0.05) is 22.2 Å².